The predicted molar refractivity (Wildman–Crippen MR) is 61.7 cm³/mol. The second-order valence-electron chi connectivity index (χ2n) is 4.31. The standard InChI is InChI=1S/C12H13F5N2O/c1-5(2)18-3-4-19-12(20)6-7(13)9(15)11(17)10(16)8(6)14/h5,18H,3-4H2,1-2H3,(H,19,20). The average molecular weight is 296 g/mol. The van der Waals surface area contributed by atoms with Crippen LogP contribution < -0.4 is 10.6 Å². The molecule has 0 fully saturated rings. The SMILES string of the molecule is CC(C)NCCNC(=O)c1c(F)c(F)c(F)c(F)c1F. The number of benzene rings is 1. The number of nitrogens with one attached hydrogen (secondary N) is 2. The summed E-state index contributed by atoms with van der Waals surface area (Å²) in [6.07, 6.45) is 0. The van der Waals surface area contributed by atoms with Crippen molar-refractivity contribution in [1.82, 2.24) is 10.6 Å². The highest BCUT2D eigenvalue weighted by Gasteiger charge is 2.29. The summed E-state index contributed by atoms with van der Waals surface area (Å²) < 4.78 is 65.2. The smallest absolute Gasteiger partial charge is 0.257 e. The minimum atomic E-state index is -2.29. The van der Waals surface area contributed by atoms with Crippen molar-refractivity contribution in [3.8, 4) is 0 Å². The molecule has 0 saturated heterocycles. The van der Waals surface area contributed by atoms with E-state index in [4.69, 9.17) is 0 Å². The Labute approximate surface area is 112 Å². The zero-order valence-electron chi connectivity index (χ0n) is 10.8. The van der Waals surface area contributed by atoms with Gasteiger partial charge in [0.2, 0.25) is 5.82 Å². The third-order valence-electron chi connectivity index (χ3n) is 2.40. The molecule has 0 spiro atoms. The van der Waals surface area contributed by atoms with Crippen molar-refractivity contribution in [2.24, 2.45) is 0 Å². The number of carbonyl (C=O) groups excluding carboxylic acids is 1. The van der Waals surface area contributed by atoms with E-state index >= 15 is 0 Å². The Morgan fingerprint density at radius 1 is 0.900 bits per heavy atom. The van der Waals surface area contributed by atoms with Gasteiger partial charge in [-0.15, -0.1) is 0 Å². The molecule has 0 atom stereocenters. The lowest BCUT2D eigenvalue weighted by Crippen LogP contribution is -2.35. The summed E-state index contributed by atoms with van der Waals surface area (Å²) in [4.78, 5) is 11.5. The van der Waals surface area contributed by atoms with Gasteiger partial charge in [-0.25, -0.2) is 22.0 Å². The van der Waals surface area contributed by atoms with Crippen molar-refractivity contribution in [3.05, 3.63) is 34.6 Å². The maximum atomic E-state index is 13.3. The quantitative estimate of drug-likeness (QED) is 0.378. The monoisotopic (exact) mass is 296 g/mol. The van der Waals surface area contributed by atoms with Crippen molar-refractivity contribution in [3.63, 3.8) is 0 Å². The third kappa shape index (κ3) is 3.44. The lowest BCUT2D eigenvalue weighted by molar-refractivity contribution is 0.0942. The van der Waals surface area contributed by atoms with Crippen molar-refractivity contribution in [2.45, 2.75) is 19.9 Å². The van der Waals surface area contributed by atoms with Crippen LogP contribution in [0.25, 0.3) is 0 Å². The molecule has 1 rings (SSSR count). The lowest BCUT2D eigenvalue weighted by Gasteiger charge is -2.11. The molecule has 0 heterocycles. The molecule has 1 aromatic rings. The second kappa shape index (κ2) is 6.65. The first-order valence-corrected chi connectivity index (χ1v) is 5.80. The fourth-order valence-corrected chi connectivity index (χ4v) is 1.43. The highest BCUT2D eigenvalue weighted by molar-refractivity contribution is 5.94. The van der Waals surface area contributed by atoms with Gasteiger partial charge < -0.3 is 10.6 Å². The molecule has 0 unspecified atom stereocenters. The van der Waals surface area contributed by atoms with Gasteiger partial charge in [-0.3, -0.25) is 4.79 Å². The number of halogens is 5. The van der Waals surface area contributed by atoms with Gasteiger partial charge in [-0.1, -0.05) is 13.8 Å². The summed E-state index contributed by atoms with van der Waals surface area (Å²) in [5.74, 6) is -12.2. The fourth-order valence-electron chi connectivity index (χ4n) is 1.43. The number of amides is 1. The molecule has 2 N–H and O–H groups in total. The highest BCUT2D eigenvalue weighted by atomic mass is 19.2. The first-order valence-electron chi connectivity index (χ1n) is 5.80. The van der Waals surface area contributed by atoms with E-state index in [1.165, 1.54) is 0 Å². The van der Waals surface area contributed by atoms with Crippen molar-refractivity contribution >= 4 is 5.91 Å². The van der Waals surface area contributed by atoms with Crippen LogP contribution in [0.3, 0.4) is 0 Å². The van der Waals surface area contributed by atoms with E-state index in [1.807, 2.05) is 13.8 Å². The summed E-state index contributed by atoms with van der Waals surface area (Å²) in [6, 6.07) is 0.126. The Morgan fingerprint density at radius 3 is 1.80 bits per heavy atom. The maximum Gasteiger partial charge on any atom is 0.257 e. The van der Waals surface area contributed by atoms with Crippen LogP contribution in [-0.2, 0) is 0 Å². The molecule has 1 aromatic carbocycles. The Balaban J connectivity index is 2.89. The second-order valence-corrected chi connectivity index (χ2v) is 4.31. The van der Waals surface area contributed by atoms with Crippen LogP contribution in [0, 0.1) is 29.1 Å². The molecule has 0 aliphatic heterocycles. The molecule has 8 heteroatoms. The van der Waals surface area contributed by atoms with Crippen LogP contribution in [0.15, 0.2) is 0 Å². The van der Waals surface area contributed by atoms with Gasteiger partial charge in [0.25, 0.3) is 5.91 Å². The zero-order valence-corrected chi connectivity index (χ0v) is 10.8. The van der Waals surface area contributed by atoms with Crippen LogP contribution in [0.4, 0.5) is 22.0 Å². The van der Waals surface area contributed by atoms with Gasteiger partial charge in [-0.2, -0.15) is 0 Å². The molecule has 0 bridgehead atoms. The van der Waals surface area contributed by atoms with E-state index in [9.17, 15) is 26.7 Å². The topological polar surface area (TPSA) is 41.1 Å². The van der Waals surface area contributed by atoms with Crippen molar-refractivity contribution < 1.29 is 26.7 Å². The van der Waals surface area contributed by atoms with Gasteiger partial charge in [-0.05, 0) is 0 Å². The van der Waals surface area contributed by atoms with Gasteiger partial charge >= 0.3 is 0 Å². The summed E-state index contributed by atoms with van der Waals surface area (Å²) in [6.45, 7) is 3.95. The van der Waals surface area contributed by atoms with Crippen molar-refractivity contribution in [1.29, 1.82) is 0 Å². The molecule has 0 aliphatic rings. The van der Waals surface area contributed by atoms with Crippen molar-refractivity contribution in [2.75, 3.05) is 13.1 Å². The molecule has 1 amide bonds. The van der Waals surface area contributed by atoms with E-state index in [2.05, 4.69) is 10.6 Å². The molecule has 0 saturated carbocycles. The molecule has 0 aliphatic carbocycles. The largest absolute Gasteiger partial charge is 0.351 e. The number of carbonyl (C=O) groups is 1. The normalized spacial score (nSPS) is 11.0. The Hall–Kier alpha value is -1.70. The Morgan fingerprint density at radius 2 is 1.35 bits per heavy atom. The number of rotatable bonds is 5. The molecule has 3 nitrogen and oxygen atoms in total. The maximum absolute atomic E-state index is 13.3. The molecular formula is C12H13F5N2O. The summed E-state index contributed by atoms with van der Waals surface area (Å²) in [5, 5.41) is 4.98. The molecular weight excluding hydrogens is 283 g/mol. The number of hydrogen-bond acceptors (Lipinski definition) is 2. The van der Waals surface area contributed by atoms with E-state index < -0.39 is 40.6 Å². The van der Waals surface area contributed by atoms with Crippen LogP contribution in [0.2, 0.25) is 0 Å². The van der Waals surface area contributed by atoms with Gasteiger partial charge in [0.05, 0.1) is 0 Å². The highest BCUT2D eigenvalue weighted by Crippen LogP contribution is 2.22. The molecule has 20 heavy (non-hydrogen) atoms. The average Bonchev–Trinajstić information content (AvgIpc) is 2.39. The molecule has 112 valence electrons. The minimum Gasteiger partial charge on any atom is -0.351 e. The van der Waals surface area contributed by atoms with E-state index in [0.29, 0.717) is 6.54 Å². The Bertz CT molecular complexity index is 490. The zero-order chi connectivity index (χ0) is 15.4. The van der Waals surface area contributed by atoms with Gasteiger partial charge in [0.1, 0.15) is 5.56 Å². The molecule has 0 aromatic heterocycles. The third-order valence-corrected chi connectivity index (χ3v) is 2.40. The predicted octanol–water partition coefficient (Wildman–Crippen LogP) is 2.11. The van der Waals surface area contributed by atoms with Crippen LogP contribution in [0.5, 0.6) is 0 Å². The first-order chi connectivity index (χ1) is 9.27. The first kappa shape index (κ1) is 16.4. The molecule has 0 radical (unpaired) electrons. The van der Waals surface area contributed by atoms with Gasteiger partial charge in [0.15, 0.2) is 23.3 Å². The Kier molecular flexibility index (Phi) is 5.43. The summed E-state index contributed by atoms with van der Waals surface area (Å²) >= 11 is 0. The van der Waals surface area contributed by atoms with Gasteiger partial charge in [0, 0.05) is 19.1 Å². The van der Waals surface area contributed by atoms with E-state index in [-0.39, 0.29) is 12.6 Å². The fraction of sp³-hybridized carbons (Fsp3) is 0.417. The van der Waals surface area contributed by atoms with Crippen LogP contribution in [-0.4, -0.2) is 25.0 Å². The summed E-state index contributed by atoms with van der Waals surface area (Å²) in [5.41, 5.74) is -1.48. The van der Waals surface area contributed by atoms with Crippen LogP contribution in [0.1, 0.15) is 24.2 Å². The van der Waals surface area contributed by atoms with Crippen LogP contribution >= 0.6 is 0 Å². The lowest BCUT2D eigenvalue weighted by atomic mass is 10.1. The van der Waals surface area contributed by atoms with E-state index in [0.717, 1.165) is 0 Å². The summed E-state index contributed by atoms with van der Waals surface area (Å²) in [7, 11) is 0. The van der Waals surface area contributed by atoms with E-state index in [1.54, 1.807) is 0 Å². The minimum absolute atomic E-state index is 0.0174. The number of hydrogen-bond donors (Lipinski definition) is 2.